The Morgan fingerprint density at radius 1 is 1.24 bits per heavy atom. The molecule has 0 spiro atoms. The van der Waals surface area contributed by atoms with Crippen LogP contribution in [0.3, 0.4) is 0 Å². The minimum Gasteiger partial charge on any atom is -0.388 e. The summed E-state index contributed by atoms with van der Waals surface area (Å²) in [4.78, 5) is 23.8. The van der Waals surface area contributed by atoms with Crippen molar-refractivity contribution in [2.45, 2.75) is 77.0 Å². The van der Waals surface area contributed by atoms with E-state index in [1.807, 2.05) is 20.8 Å². The molecule has 1 aliphatic rings. The van der Waals surface area contributed by atoms with Crippen molar-refractivity contribution in [1.29, 1.82) is 0 Å². The van der Waals surface area contributed by atoms with Gasteiger partial charge in [0.05, 0.1) is 12.7 Å². The average Bonchev–Trinajstić information content (AvgIpc) is 3.09. The van der Waals surface area contributed by atoms with Gasteiger partial charge in [0.15, 0.2) is 34.2 Å². The highest BCUT2D eigenvalue weighted by Gasteiger charge is 2.43. The van der Waals surface area contributed by atoms with E-state index in [4.69, 9.17) is 43.0 Å². The maximum atomic E-state index is 12.2. The Morgan fingerprint density at radius 2 is 1.94 bits per heavy atom. The molecule has 1 fully saturated rings. The van der Waals surface area contributed by atoms with Crippen LogP contribution in [-0.2, 0) is 14.2 Å². The molecule has 2 rings (SSSR count). The number of nitrogen functional groups attached to an aromatic ring is 2. The number of carbonyl (C=O) groups is 1. The number of halogens is 1. The molecule has 3 atom stereocenters. The number of carbonyl (C=O) groups excluding carboxylic acids is 1. The van der Waals surface area contributed by atoms with E-state index in [-0.39, 0.29) is 47.3 Å². The Morgan fingerprint density at radius 3 is 2.65 bits per heavy atom. The highest BCUT2D eigenvalue weighted by Crippen LogP contribution is 2.31. The van der Waals surface area contributed by atoms with Crippen molar-refractivity contribution < 1.29 is 24.1 Å². The van der Waals surface area contributed by atoms with Gasteiger partial charge in [-0.15, -0.1) is 0 Å². The molecule has 1 saturated heterocycles. The number of aliphatic hydroxyl groups excluding tert-OH is 1. The molecule has 0 saturated carbocycles. The number of hydrogen-bond donors (Lipinski definition) is 5. The maximum absolute atomic E-state index is 12.2. The maximum Gasteiger partial charge on any atom is 0.280 e. The minimum absolute atomic E-state index is 0.0526. The van der Waals surface area contributed by atoms with Crippen LogP contribution >= 0.6 is 11.6 Å². The predicted octanol–water partition coefficient (Wildman–Crippen LogP) is 1.21. The highest BCUT2D eigenvalue weighted by atomic mass is 35.5. The summed E-state index contributed by atoms with van der Waals surface area (Å²) in [6.07, 6.45) is 2.99. The van der Waals surface area contributed by atoms with Gasteiger partial charge >= 0.3 is 0 Å². The number of rotatable bonds is 12. The van der Waals surface area contributed by atoms with Crippen molar-refractivity contribution >= 4 is 35.1 Å². The van der Waals surface area contributed by atoms with Crippen molar-refractivity contribution in [3.8, 4) is 0 Å². The molecular weight excluding hydrogens is 466 g/mol. The summed E-state index contributed by atoms with van der Waals surface area (Å²) in [7, 11) is 0. The lowest BCUT2D eigenvalue weighted by Crippen LogP contribution is -2.38. The van der Waals surface area contributed by atoms with Crippen LogP contribution in [-0.4, -0.2) is 70.8 Å². The fraction of sp³-hybridized carbons (Fsp3) is 0.714. The lowest BCUT2D eigenvalue weighted by molar-refractivity contribution is -0.158. The van der Waals surface area contributed by atoms with E-state index < -0.39 is 17.8 Å². The first-order valence-corrected chi connectivity index (χ1v) is 11.7. The molecule has 2 heterocycles. The summed E-state index contributed by atoms with van der Waals surface area (Å²) in [5.74, 6) is -1.63. The molecule has 1 aliphatic heterocycles. The van der Waals surface area contributed by atoms with Crippen molar-refractivity contribution in [3.05, 3.63) is 10.8 Å². The average molecular weight is 502 g/mol. The zero-order valence-electron chi connectivity index (χ0n) is 19.9. The van der Waals surface area contributed by atoms with E-state index in [1.54, 1.807) is 0 Å². The molecule has 1 amide bonds. The third kappa shape index (κ3) is 8.51. The van der Waals surface area contributed by atoms with Gasteiger partial charge in [-0.25, -0.2) is 9.97 Å². The van der Waals surface area contributed by atoms with E-state index >= 15 is 0 Å². The second kappa shape index (κ2) is 13.0. The molecule has 0 aliphatic carbocycles. The lowest BCUT2D eigenvalue weighted by atomic mass is 10.1. The largest absolute Gasteiger partial charge is 0.388 e. The van der Waals surface area contributed by atoms with Gasteiger partial charge in [0.25, 0.3) is 5.91 Å². The lowest BCUT2D eigenvalue weighted by Gasteiger charge is -2.21. The fourth-order valence-corrected chi connectivity index (χ4v) is 3.62. The smallest absolute Gasteiger partial charge is 0.280 e. The number of anilines is 2. The summed E-state index contributed by atoms with van der Waals surface area (Å²) in [6, 6.07) is 0. The summed E-state index contributed by atoms with van der Waals surface area (Å²) in [5, 5.41) is 12.6. The van der Waals surface area contributed by atoms with Crippen molar-refractivity contribution in [2.75, 3.05) is 31.2 Å². The van der Waals surface area contributed by atoms with Gasteiger partial charge in [-0.05, 0) is 33.1 Å². The number of amides is 1. The van der Waals surface area contributed by atoms with Crippen molar-refractivity contribution in [3.63, 3.8) is 0 Å². The second-order valence-corrected chi connectivity index (χ2v) is 8.82. The van der Waals surface area contributed by atoms with Crippen LogP contribution in [0.1, 0.15) is 63.4 Å². The van der Waals surface area contributed by atoms with E-state index in [0.29, 0.717) is 13.2 Å². The van der Waals surface area contributed by atoms with Gasteiger partial charge in [-0.2, -0.15) is 0 Å². The van der Waals surface area contributed by atoms with Crippen LogP contribution in [0.4, 0.5) is 11.6 Å². The van der Waals surface area contributed by atoms with E-state index in [2.05, 4.69) is 20.3 Å². The first-order chi connectivity index (χ1) is 16.0. The quantitative estimate of drug-likeness (QED) is 0.158. The predicted molar refractivity (Wildman–Crippen MR) is 129 cm³/mol. The molecule has 0 unspecified atom stereocenters. The number of aromatic nitrogens is 2. The second-order valence-electron chi connectivity index (χ2n) is 8.46. The molecular formula is C21H36ClN7O5. The number of unbranched alkanes of at least 4 members (excludes halogenated alkanes) is 3. The first-order valence-electron chi connectivity index (χ1n) is 11.3. The molecule has 0 radical (unpaired) electrons. The zero-order valence-corrected chi connectivity index (χ0v) is 20.7. The number of nitrogens with one attached hydrogen (secondary N) is 1. The molecule has 12 nitrogen and oxygen atoms in total. The normalized spacial score (nSPS) is 20.9. The Labute approximate surface area is 204 Å². The number of aliphatic imine (C=N–C) groups is 1. The summed E-state index contributed by atoms with van der Waals surface area (Å²) in [6.45, 7) is 6.88. The fourth-order valence-electron chi connectivity index (χ4n) is 3.50. The summed E-state index contributed by atoms with van der Waals surface area (Å²) >= 11 is 5.77. The van der Waals surface area contributed by atoms with E-state index in [0.717, 1.165) is 32.1 Å². The van der Waals surface area contributed by atoms with Gasteiger partial charge in [0, 0.05) is 13.2 Å². The van der Waals surface area contributed by atoms with Crippen molar-refractivity contribution in [2.24, 2.45) is 10.7 Å². The molecule has 192 valence electrons. The highest BCUT2D eigenvalue weighted by molar-refractivity contribution is 6.31. The summed E-state index contributed by atoms with van der Waals surface area (Å²) in [5.41, 5.74) is 16.7. The number of nitrogens with two attached hydrogens (primary N) is 3. The summed E-state index contributed by atoms with van der Waals surface area (Å²) < 4.78 is 17.2. The van der Waals surface area contributed by atoms with Crippen LogP contribution in [0.2, 0.25) is 5.15 Å². The Hall–Kier alpha value is -2.25. The van der Waals surface area contributed by atoms with Gasteiger partial charge < -0.3 is 36.5 Å². The standard InChI is InChI=1S/C21H36ClN7O5/c1-4-13-15(34-21(2,3)33-13)12(30)11-32-10-8-6-5-7-9-26-20(25)29-19(31)14-17(23)28-18(24)16(22)27-14/h12-13,15,30H,4-11H2,1-3H3,(H4,23,24,28)(H3,25,26,29,31)/t12-,13+,15-/m1/s1. The van der Waals surface area contributed by atoms with Gasteiger partial charge in [0.2, 0.25) is 0 Å². The zero-order chi connectivity index (χ0) is 25.3. The topological polar surface area (TPSA) is 193 Å². The Bertz CT molecular complexity index is 855. The van der Waals surface area contributed by atoms with Crippen molar-refractivity contribution in [1.82, 2.24) is 15.3 Å². The van der Waals surface area contributed by atoms with Crippen LogP contribution < -0.4 is 22.5 Å². The molecule has 1 aromatic rings. The third-order valence-electron chi connectivity index (χ3n) is 5.13. The van der Waals surface area contributed by atoms with Gasteiger partial charge in [-0.1, -0.05) is 31.4 Å². The van der Waals surface area contributed by atoms with Gasteiger partial charge in [-0.3, -0.25) is 15.1 Å². The number of guanidine groups is 1. The van der Waals surface area contributed by atoms with Crippen LogP contribution in [0.5, 0.6) is 0 Å². The van der Waals surface area contributed by atoms with Crippen LogP contribution in [0.25, 0.3) is 0 Å². The Kier molecular flexibility index (Phi) is 10.7. The molecule has 34 heavy (non-hydrogen) atoms. The van der Waals surface area contributed by atoms with E-state index in [1.165, 1.54) is 0 Å². The molecule has 1 aromatic heterocycles. The molecule has 8 N–H and O–H groups in total. The first kappa shape index (κ1) is 28.0. The van der Waals surface area contributed by atoms with Crippen LogP contribution in [0.15, 0.2) is 4.99 Å². The monoisotopic (exact) mass is 501 g/mol. The van der Waals surface area contributed by atoms with E-state index in [9.17, 15) is 9.90 Å². The number of ether oxygens (including phenoxy) is 3. The molecule has 0 aromatic carbocycles. The third-order valence-corrected chi connectivity index (χ3v) is 5.41. The Balaban J connectivity index is 1.57. The molecule has 0 bridgehead atoms. The number of hydrogen-bond acceptors (Lipinski definition) is 10. The number of aliphatic hydroxyl groups is 1. The van der Waals surface area contributed by atoms with Gasteiger partial charge in [0.1, 0.15) is 12.2 Å². The SMILES string of the molecule is CC[C@@H]1OC(C)(C)O[C@@H]1[C@H](O)COCCCCCCN=C(N)NC(=O)c1nc(Cl)c(N)nc1N. The minimum atomic E-state index is -0.732. The van der Waals surface area contributed by atoms with Crippen LogP contribution in [0, 0.1) is 0 Å². The molecule has 13 heteroatoms. The number of nitrogens with zero attached hydrogens (tertiary/aromatic N) is 3.